The number of aromatic nitrogens is 1. The second-order valence-electron chi connectivity index (χ2n) is 6.60. The Balaban J connectivity index is 2.12. The average molecular weight is 400 g/mol. The predicted octanol–water partition coefficient (Wildman–Crippen LogP) is 2.03. The first kappa shape index (κ1) is 21.2. The molecule has 0 spiro atoms. The van der Waals surface area contributed by atoms with E-state index in [0.29, 0.717) is 30.9 Å². The SMILES string of the molecule is CCCCC(C(=O)N1CCCC1C(=O)Nc1nc(C)cs1)C(F)C(=O)NO. The maximum Gasteiger partial charge on any atom is 0.278 e. The monoisotopic (exact) mass is 400 g/mol. The largest absolute Gasteiger partial charge is 0.330 e. The molecule has 150 valence electrons. The Morgan fingerprint density at radius 3 is 2.81 bits per heavy atom. The predicted molar refractivity (Wildman–Crippen MR) is 98.1 cm³/mol. The van der Waals surface area contributed by atoms with E-state index < -0.39 is 29.9 Å². The van der Waals surface area contributed by atoms with Gasteiger partial charge in [0, 0.05) is 11.9 Å². The molecule has 0 aromatic carbocycles. The Morgan fingerprint density at radius 1 is 1.48 bits per heavy atom. The minimum Gasteiger partial charge on any atom is -0.330 e. The van der Waals surface area contributed by atoms with Crippen LogP contribution in [0.2, 0.25) is 0 Å². The third-order valence-electron chi connectivity index (χ3n) is 4.59. The molecule has 2 heterocycles. The Hall–Kier alpha value is -2.07. The zero-order valence-corrected chi connectivity index (χ0v) is 16.2. The minimum absolute atomic E-state index is 0.167. The highest BCUT2D eigenvalue weighted by Gasteiger charge is 2.41. The Morgan fingerprint density at radius 2 is 2.22 bits per heavy atom. The van der Waals surface area contributed by atoms with E-state index in [0.717, 1.165) is 12.1 Å². The van der Waals surface area contributed by atoms with Crippen molar-refractivity contribution in [2.45, 2.75) is 58.2 Å². The molecule has 1 aliphatic rings. The maximum absolute atomic E-state index is 14.4. The standard InChI is InChI=1S/C17H25FN4O4S/c1-3-4-6-11(13(18)15(24)21-26)16(25)22-8-5-7-12(22)14(23)20-17-19-10(2)9-27-17/h9,11-13,26H,3-8H2,1-2H3,(H,21,24)(H,19,20,23). The number of hydroxylamine groups is 1. The van der Waals surface area contributed by atoms with Crippen LogP contribution in [-0.2, 0) is 14.4 Å². The molecule has 1 aromatic rings. The first-order valence-corrected chi connectivity index (χ1v) is 9.88. The summed E-state index contributed by atoms with van der Waals surface area (Å²) >= 11 is 1.29. The molecule has 27 heavy (non-hydrogen) atoms. The van der Waals surface area contributed by atoms with Gasteiger partial charge in [-0.25, -0.2) is 14.9 Å². The highest BCUT2D eigenvalue weighted by Crippen LogP contribution is 2.26. The maximum atomic E-state index is 14.4. The molecular formula is C17H25FN4O4S. The number of aryl methyl sites for hydroxylation is 1. The lowest BCUT2D eigenvalue weighted by molar-refractivity contribution is -0.148. The molecule has 1 fully saturated rings. The molecule has 0 bridgehead atoms. The molecule has 1 aromatic heterocycles. The minimum atomic E-state index is -2.17. The van der Waals surface area contributed by atoms with Crippen molar-refractivity contribution in [1.29, 1.82) is 0 Å². The van der Waals surface area contributed by atoms with Gasteiger partial charge in [-0.2, -0.15) is 0 Å². The van der Waals surface area contributed by atoms with E-state index in [4.69, 9.17) is 5.21 Å². The topological polar surface area (TPSA) is 112 Å². The number of carbonyl (C=O) groups excluding carboxylic acids is 3. The summed E-state index contributed by atoms with van der Waals surface area (Å²) in [5.41, 5.74) is 2.05. The van der Waals surface area contributed by atoms with E-state index in [1.165, 1.54) is 21.7 Å². The molecule has 3 atom stereocenters. The Kier molecular flexibility index (Phi) is 7.66. The van der Waals surface area contributed by atoms with Gasteiger partial charge in [0.1, 0.15) is 6.04 Å². The molecular weight excluding hydrogens is 375 g/mol. The van der Waals surface area contributed by atoms with Crippen LogP contribution in [0.3, 0.4) is 0 Å². The van der Waals surface area contributed by atoms with Crippen molar-refractivity contribution in [1.82, 2.24) is 15.4 Å². The van der Waals surface area contributed by atoms with Crippen LogP contribution >= 0.6 is 11.3 Å². The number of amides is 3. The third kappa shape index (κ3) is 5.23. The molecule has 3 unspecified atom stereocenters. The molecule has 0 radical (unpaired) electrons. The van der Waals surface area contributed by atoms with Crippen LogP contribution in [0.15, 0.2) is 5.38 Å². The zero-order chi connectivity index (χ0) is 20.0. The van der Waals surface area contributed by atoms with Gasteiger partial charge in [0.15, 0.2) is 11.3 Å². The molecule has 2 rings (SSSR count). The van der Waals surface area contributed by atoms with Crippen molar-refractivity contribution < 1.29 is 24.0 Å². The normalized spacial score (nSPS) is 18.8. The molecule has 3 N–H and O–H groups in total. The molecule has 1 saturated heterocycles. The van der Waals surface area contributed by atoms with Crippen molar-refractivity contribution in [2.24, 2.45) is 5.92 Å². The fraction of sp³-hybridized carbons (Fsp3) is 0.647. The van der Waals surface area contributed by atoms with E-state index in [1.807, 2.05) is 13.8 Å². The lowest BCUT2D eigenvalue weighted by Gasteiger charge is -2.29. The van der Waals surface area contributed by atoms with Crippen molar-refractivity contribution >= 4 is 34.2 Å². The molecule has 3 amide bonds. The van der Waals surface area contributed by atoms with Gasteiger partial charge in [0.2, 0.25) is 11.8 Å². The van der Waals surface area contributed by atoms with Crippen LogP contribution in [0.25, 0.3) is 0 Å². The number of thiazole rings is 1. The van der Waals surface area contributed by atoms with Crippen LogP contribution < -0.4 is 10.8 Å². The fourth-order valence-corrected chi connectivity index (χ4v) is 3.87. The number of halogens is 1. The van der Waals surface area contributed by atoms with Gasteiger partial charge in [-0.15, -0.1) is 11.3 Å². The quantitative estimate of drug-likeness (QED) is 0.457. The zero-order valence-electron chi connectivity index (χ0n) is 15.4. The highest BCUT2D eigenvalue weighted by molar-refractivity contribution is 7.13. The Labute approximate surface area is 161 Å². The molecule has 0 saturated carbocycles. The fourth-order valence-electron chi connectivity index (χ4n) is 3.18. The molecule has 1 aliphatic heterocycles. The lowest BCUT2D eigenvalue weighted by atomic mass is 9.94. The Bertz CT molecular complexity index is 684. The van der Waals surface area contributed by atoms with E-state index in [2.05, 4.69) is 10.3 Å². The van der Waals surface area contributed by atoms with Crippen LogP contribution in [0.4, 0.5) is 9.52 Å². The molecule has 10 heteroatoms. The first-order chi connectivity index (χ1) is 12.9. The number of carbonyl (C=O) groups is 3. The number of nitrogens with one attached hydrogen (secondary N) is 2. The van der Waals surface area contributed by atoms with Crippen molar-refractivity contribution in [3.8, 4) is 0 Å². The van der Waals surface area contributed by atoms with Gasteiger partial charge in [-0.1, -0.05) is 19.8 Å². The second kappa shape index (κ2) is 9.75. The number of likely N-dealkylation sites (tertiary alicyclic amines) is 1. The number of hydrogen-bond donors (Lipinski definition) is 3. The van der Waals surface area contributed by atoms with Crippen LogP contribution in [0.1, 0.15) is 44.7 Å². The van der Waals surface area contributed by atoms with Crippen molar-refractivity contribution in [3.05, 3.63) is 11.1 Å². The van der Waals surface area contributed by atoms with Crippen LogP contribution in [0.5, 0.6) is 0 Å². The summed E-state index contributed by atoms with van der Waals surface area (Å²) in [6, 6.07) is -0.727. The summed E-state index contributed by atoms with van der Waals surface area (Å²) in [5, 5.41) is 13.6. The van der Waals surface area contributed by atoms with Gasteiger partial charge in [0.05, 0.1) is 11.6 Å². The summed E-state index contributed by atoms with van der Waals surface area (Å²) < 4.78 is 14.4. The second-order valence-corrected chi connectivity index (χ2v) is 7.46. The number of alkyl halides is 1. The summed E-state index contributed by atoms with van der Waals surface area (Å²) in [4.78, 5) is 42.5. The van der Waals surface area contributed by atoms with Gasteiger partial charge < -0.3 is 10.2 Å². The van der Waals surface area contributed by atoms with Crippen LogP contribution in [-0.4, -0.2) is 51.6 Å². The van der Waals surface area contributed by atoms with Gasteiger partial charge in [0.25, 0.3) is 5.91 Å². The number of nitrogens with zero attached hydrogens (tertiary/aromatic N) is 2. The van der Waals surface area contributed by atoms with Crippen molar-refractivity contribution in [3.63, 3.8) is 0 Å². The number of unbranched alkanes of at least 4 members (excludes halogenated alkanes) is 1. The van der Waals surface area contributed by atoms with Gasteiger partial charge >= 0.3 is 0 Å². The molecule has 0 aliphatic carbocycles. The van der Waals surface area contributed by atoms with E-state index in [9.17, 15) is 18.8 Å². The first-order valence-electron chi connectivity index (χ1n) is 9.00. The number of hydrogen-bond acceptors (Lipinski definition) is 6. The van der Waals surface area contributed by atoms with E-state index in [1.54, 1.807) is 5.38 Å². The summed E-state index contributed by atoms with van der Waals surface area (Å²) in [5.74, 6) is -3.42. The lowest BCUT2D eigenvalue weighted by Crippen LogP contribution is -2.49. The number of anilines is 1. The van der Waals surface area contributed by atoms with E-state index in [-0.39, 0.29) is 12.3 Å². The third-order valence-corrected chi connectivity index (χ3v) is 5.46. The number of rotatable bonds is 8. The van der Waals surface area contributed by atoms with Gasteiger partial charge in [-0.3, -0.25) is 19.6 Å². The smallest absolute Gasteiger partial charge is 0.278 e. The summed E-state index contributed by atoms with van der Waals surface area (Å²) in [6.07, 6.45) is 0.361. The van der Waals surface area contributed by atoms with E-state index >= 15 is 0 Å². The van der Waals surface area contributed by atoms with Gasteiger partial charge in [-0.05, 0) is 26.2 Å². The summed E-state index contributed by atoms with van der Waals surface area (Å²) in [7, 11) is 0. The van der Waals surface area contributed by atoms with Crippen molar-refractivity contribution in [2.75, 3.05) is 11.9 Å². The average Bonchev–Trinajstić information content (AvgIpc) is 3.29. The molecule has 8 nitrogen and oxygen atoms in total. The summed E-state index contributed by atoms with van der Waals surface area (Å²) in [6.45, 7) is 4.02. The highest BCUT2D eigenvalue weighted by atomic mass is 32.1. The van der Waals surface area contributed by atoms with Crippen LogP contribution in [0, 0.1) is 12.8 Å².